The lowest BCUT2D eigenvalue weighted by atomic mass is 10.1. The molecule has 1 unspecified atom stereocenters. The number of allylic oxidation sites excluding steroid dienone is 2. The van der Waals surface area contributed by atoms with Gasteiger partial charge in [-0.15, -0.1) is 11.8 Å². The van der Waals surface area contributed by atoms with Crippen molar-refractivity contribution in [2.24, 2.45) is 5.92 Å². The molecule has 0 aliphatic rings. The molecule has 0 aliphatic carbocycles. The summed E-state index contributed by atoms with van der Waals surface area (Å²) in [5.74, 6) is -0.606. The first-order valence-corrected chi connectivity index (χ1v) is 9.64. The van der Waals surface area contributed by atoms with E-state index in [0.29, 0.717) is 11.5 Å². The molecule has 0 aromatic carbocycles. The molecule has 140 valence electrons. The highest BCUT2D eigenvalue weighted by molar-refractivity contribution is 8.02. The molecule has 2 amide bonds. The SMILES string of the molecule is C/C=C(\C=C/C(C)C(=O)Nc1cccnc1C(=O)Nc1ccccn1)SC. The van der Waals surface area contributed by atoms with E-state index in [1.807, 2.05) is 31.4 Å². The van der Waals surface area contributed by atoms with Gasteiger partial charge in [0.25, 0.3) is 5.91 Å². The van der Waals surface area contributed by atoms with Crippen molar-refractivity contribution in [3.8, 4) is 0 Å². The zero-order valence-corrected chi connectivity index (χ0v) is 16.3. The van der Waals surface area contributed by atoms with Crippen LogP contribution in [0.4, 0.5) is 11.5 Å². The van der Waals surface area contributed by atoms with Crippen molar-refractivity contribution in [2.75, 3.05) is 16.9 Å². The maximum absolute atomic E-state index is 12.5. The smallest absolute Gasteiger partial charge is 0.277 e. The number of hydrogen-bond donors (Lipinski definition) is 2. The average molecular weight is 382 g/mol. The molecule has 0 saturated heterocycles. The van der Waals surface area contributed by atoms with Gasteiger partial charge in [-0.25, -0.2) is 9.97 Å². The van der Waals surface area contributed by atoms with Crippen LogP contribution in [0.1, 0.15) is 24.3 Å². The van der Waals surface area contributed by atoms with Gasteiger partial charge in [0.05, 0.1) is 11.6 Å². The van der Waals surface area contributed by atoms with E-state index in [9.17, 15) is 9.59 Å². The Morgan fingerprint density at radius 2 is 1.89 bits per heavy atom. The molecule has 2 aromatic heterocycles. The summed E-state index contributed by atoms with van der Waals surface area (Å²) < 4.78 is 0. The van der Waals surface area contributed by atoms with Crippen LogP contribution in [0.2, 0.25) is 0 Å². The third kappa shape index (κ3) is 6.07. The van der Waals surface area contributed by atoms with Crippen molar-refractivity contribution in [2.45, 2.75) is 13.8 Å². The minimum Gasteiger partial charge on any atom is -0.324 e. The number of nitrogens with one attached hydrogen (secondary N) is 2. The number of thioether (sulfide) groups is 1. The van der Waals surface area contributed by atoms with Gasteiger partial charge in [0, 0.05) is 17.3 Å². The number of carbonyl (C=O) groups excluding carboxylic acids is 2. The number of nitrogens with zero attached hydrogens (tertiary/aromatic N) is 2. The summed E-state index contributed by atoms with van der Waals surface area (Å²) in [4.78, 5) is 34.2. The maximum Gasteiger partial charge on any atom is 0.277 e. The predicted octanol–water partition coefficient (Wildman–Crippen LogP) is 4.13. The first-order chi connectivity index (χ1) is 13.0. The van der Waals surface area contributed by atoms with Gasteiger partial charge in [-0.05, 0) is 37.4 Å². The number of rotatable bonds is 7. The third-order valence-corrected chi connectivity index (χ3v) is 4.51. The first-order valence-electron chi connectivity index (χ1n) is 8.42. The van der Waals surface area contributed by atoms with E-state index in [4.69, 9.17) is 0 Å². The van der Waals surface area contributed by atoms with Crippen LogP contribution in [0.25, 0.3) is 0 Å². The van der Waals surface area contributed by atoms with Crippen LogP contribution >= 0.6 is 11.8 Å². The molecule has 2 rings (SSSR count). The van der Waals surface area contributed by atoms with Crippen LogP contribution in [0.5, 0.6) is 0 Å². The van der Waals surface area contributed by atoms with Gasteiger partial charge in [-0.1, -0.05) is 31.2 Å². The molecular weight excluding hydrogens is 360 g/mol. The standard InChI is InChI=1S/C20H22N4O2S/c1-4-15(27-3)11-10-14(2)19(25)23-16-8-7-13-22-18(16)20(26)24-17-9-5-6-12-21-17/h4-14H,1-3H3,(H,23,25)(H,21,24,26)/b11-10-,15-4+. The van der Waals surface area contributed by atoms with Gasteiger partial charge in [-0.2, -0.15) is 0 Å². The lowest BCUT2D eigenvalue weighted by Gasteiger charge is -2.12. The second-order valence-electron chi connectivity index (χ2n) is 5.60. The zero-order valence-electron chi connectivity index (χ0n) is 15.5. The van der Waals surface area contributed by atoms with Crippen molar-refractivity contribution >= 4 is 35.1 Å². The lowest BCUT2D eigenvalue weighted by molar-refractivity contribution is -0.118. The van der Waals surface area contributed by atoms with Crippen LogP contribution in [0.15, 0.2) is 65.9 Å². The Kier molecular flexibility index (Phi) is 7.76. The van der Waals surface area contributed by atoms with Gasteiger partial charge in [0.15, 0.2) is 5.69 Å². The summed E-state index contributed by atoms with van der Waals surface area (Å²) in [6, 6.07) is 8.52. The number of pyridine rings is 2. The van der Waals surface area contributed by atoms with E-state index >= 15 is 0 Å². The Bertz CT molecular complexity index is 850. The van der Waals surface area contributed by atoms with Gasteiger partial charge in [-0.3, -0.25) is 9.59 Å². The highest BCUT2D eigenvalue weighted by atomic mass is 32.2. The highest BCUT2D eigenvalue weighted by Gasteiger charge is 2.17. The number of aromatic nitrogens is 2. The van der Waals surface area contributed by atoms with Crippen molar-refractivity contribution < 1.29 is 9.59 Å². The number of hydrogen-bond acceptors (Lipinski definition) is 5. The van der Waals surface area contributed by atoms with E-state index < -0.39 is 5.91 Å². The second-order valence-corrected chi connectivity index (χ2v) is 6.48. The normalized spacial score (nSPS) is 12.6. The lowest BCUT2D eigenvalue weighted by Crippen LogP contribution is -2.23. The largest absolute Gasteiger partial charge is 0.324 e. The first kappa shape index (κ1) is 20.4. The zero-order chi connectivity index (χ0) is 19.6. The molecule has 2 N–H and O–H groups in total. The minimum atomic E-state index is -0.439. The summed E-state index contributed by atoms with van der Waals surface area (Å²) in [7, 11) is 0. The quantitative estimate of drug-likeness (QED) is 0.704. The van der Waals surface area contributed by atoms with Crippen LogP contribution in [0.3, 0.4) is 0 Å². The molecule has 1 atom stereocenters. The van der Waals surface area contributed by atoms with Crippen molar-refractivity contribution in [3.63, 3.8) is 0 Å². The fraction of sp³-hybridized carbons (Fsp3) is 0.200. The average Bonchev–Trinajstić information content (AvgIpc) is 2.69. The van der Waals surface area contributed by atoms with Gasteiger partial charge < -0.3 is 10.6 Å². The monoisotopic (exact) mass is 382 g/mol. The summed E-state index contributed by atoms with van der Waals surface area (Å²) >= 11 is 1.61. The predicted molar refractivity (Wildman–Crippen MR) is 111 cm³/mol. The molecule has 0 fully saturated rings. The van der Waals surface area contributed by atoms with Crippen LogP contribution in [-0.4, -0.2) is 28.0 Å². The van der Waals surface area contributed by atoms with Crippen LogP contribution in [-0.2, 0) is 4.79 Å². The summed E-state index contributed by atoms with van der Waals surface area (Å²) in [5, 5.41) is 5.44. The summed E-state index contributed by atoms with van der Waals surface area (Å²) in [6.45, 7) is 3.74. The number of anilines is 2. The molecule has 0 spiro atoms. The Morgan fingerprint density at radius 1 is 1.11 bits per heavy atom. The molecule has 0 aliphatic heterocycles. The van der Waals surface area contributed by atoms with Gasteiger partial charge in [0.2, 0.25) is 5.91 Å². The van der Waals surface area contributed by atoms with E-state index in [2.05, 4.69) is 20.6 Å². The van der Waals surface area contributed by atoms with Crippen LogP contribution < -0.4 is 10.6 Å². The van der Waals surface area contributed by atoms with Crippen molar-refractivity contribution in [1.82, 2.24) is 9.97 Å². The van der Waals surface area contributed by atoms with Gasteiger partial charge in [0.1, 0.15) is 5.82 Å². The topological polar surface area (TPSA) is 84.0 Å². The molecular formula is C20H22N4O2S. The van der Waals surface area contributed by atoms with Crippen molar-refractivity contribution in [3.05, 3.63) is 71.6 Å². The van der Waals surface area contributed by atoms with E-state index in [0.717, 1.165) is 4.91 Å². The van der Waals surface area contributed by atoms with E-state index in [-0.39, 0.29) is 17.5 Å². The Morgan fingerprint density at radius 3 is 2.56 bits per heavy atom. The minimum absolute atomic E-state index is 0.130. The van der Waals surface area contributed by atoms with E-state index in [1.165, 1.54) is 6.20 Å². The fourth-order valence-corrected chi connectivity index (χ4v) is 2.60. The molecule has 2 heterocycles. The van der Waals surface area contributed by atoms with E-state index in [1.54, 1.807) is 55.2 Å². The second kappa shape index (κ2) is 10.3. The number of carbonyl (C=O) groups is 2. The molecule has 0 bridgehead atoms. The Labute approximate surface area is 163 Å². The highest BCUT2D eigenvalue weighted by Crippen LogP contribution is 2.17. The molecule has 0 saturated carbocycles. The molecule has 2 aromatic rings. The summed E-state index contributed by atoms with van der Waals surface area (Å²) in [5.41, 5.74) is 0.484. The van der Waals surface area contributed by atoms with Crippen molar-refractivity contribution in [1.29, 1.82) is 0 Å². The van der Waals surface area contributed by atoms with Crippen LogP contribution in [0, 0.1) is 5.92 Å². The molecule has 7 heteroatoms. The van der Waals surface area contributed by atoms with Gasteiger partial charge >= 0.3 is 0 Å². The summed E-state index contributed by atoms with van der Waals surface area (Å²) in [6.07, 6.45) is 10.8. The molecule has 0 radical (unpaired) electrons. The Hall–Kier alpha value is -2.93. The number of amides is 2. The third-order valence-electron chi connectivity index (χ3n) is 3.67. The fourth-order valence-electron chi connectivity index (χ4n) is 2.15. The molecule has 6 nitrogen and oxygen atoms in total. The Balaban J connectivity index is 2.11. The molecule has 27 heavy (non-hydrogen) atoms. The maximum atomic E-state index is 12.5.